The summed E-state index contributed by atoms with van der Waals surface area (Å²) in [5, 5.41) is 4.33. The van der Waals surface area contributed by atoms with Crippen molar-refractivity contribution in [3.8, 4) is 0 Å². The third-order valence-corrected chi connectivity index (χ3v) is 6.44. The standard InChI is InChI=1S/C12H25NO2S2/c1-3-17(14,15)10-4-9-13-11-5-7-12(16-2)8-6-11/h11-13H,3-10H2,1-2H3. The molecule has 1 N–H and O–H groups in total. The summed E-state index contributed by atoms with van der Waals surface area (Å²) in [7, 11) is -2.78. The zero-order chi connectivity index (χ0) is 12.7. The van der Waals surface area contributed by atoms with Crippen LogP contribution in [-0.2, 0) is 9.84 Å². The third-order valence-electron chi connectivity index (χ3n) is 3.51. The maximum Gasteiger partial charge on any atom is 0.150 e. The lowest BCUT2D eigenvalue weighted by Gasteiger charge is -2.28. The van der Waals surface area contributed by atoms with Crippen LogP contribution < -0.4 is 5.32 Å². The van der Waals surface area contributed by atoms with E-state index in [1.807, 2.05) is 11.8 Å². The zero-order valence-corrected chi connectivity index (χ0v) is 12.6. The lowest BCUT2D eigenvalue weighted by atomic mass is 9.95. The first-order valence-corrected chi connectivity index (χ1v) is 9.65. The Bertz CT molecular complexity index is 296. The molecule has 102 valence electrons. The van der Waals surface area contributed by atoms with E-state index in [0.717, 1.165) is 18.2 Å². The Hall–Kier alpha value is 0.260. The highest BCUT2D eigenvalue weighted by Crippen LogP contribution is 2.26. The van der Waals surface area contributed by atoms with Gasteiger partial charge in [0, 0.05) is 17.0 Å². The molecule has 0 unspecified atom stereocenters. The summed E-state index contributed by atoms with van der Waals surface area (Å²) in [4.78, 5) is 0. The van der Waals surface area contributed by atoms with E-state index in [2.05, 4.69) is 11.6 Å². The molecular formula is C12H25NO2S2. The van der Waals surface area contributed by atoms with E-state index in [1.54, 1.807) is 6.92 Å². The molecule has 0 aromatic heterocycles. The highest BCUT2D eigenvalue weighted by molar-refractivity contribution is 7.99. The SMILES string of the molecule is CCS(=O)(=O)CCCNC1CCC(SC)CC1. The fourth-order valence-corrected chi connectivity index (χ4v) is 3.86. The summed E-state index contributed by atoms with van der Waals surface area (Å²) in [5.41, 5.74) is 0. The van der Waals surface area contributed by atoms with Gasteiger partial charge in [-0.25, -0.2) is 8.42 Å². The Kier molecular flexibility index (Phi) is 6.89. The monoisotopic (exact) mass is 279 g/mol. The zero-order valence-electron chi connectivity index (χ0n) is 10.9. The van der Waals surface area contributed by atoms with Crippen LogP contribution in [0.15, 0.2) is 0 Å². The predicted molar refractivity (Wildman–Crippen MR) is 76.5 cm³/mol. The molecule has 0 amide bonds. The molecule has 0 radical (unpaired) electrons. The van der Waals surface area contributed by atoms with E-state index in [-0.39, 0.29) is 5.75 Å². The lowest BCUT2D eigenvalue weighted by molar-refractivity contribution is 0.381. The number of hydrogen-bond donors (Lipinski definition) is 1. The van der Waals surface area contributed by atoms with Gasteiger partial charge in [0.1, 0.15) is 9.84 Å². The number of nitrogens with one attached hydrogen (secondary N) is 1. The highest BCUT2D eigenvalue weighted by Gasteiger charge is 2.19. The van der Waals surface area contributed by atoms with Crippen molar-refractivity contribution in [1.82, 2.24) is 5.32 Å². The van der Waals surface area contributed by atoms with Crippen molar-refractivity contribution in [3.05, 3.63) is 0 Å². The molecular weight excluding hydrogens is 254 g/mol. The van der Waals surface area contributed by atoms with Crippen molar-refractivity contribution in [2.75, 3.05) is 24.3 Å². The molecule has 0 bridgehead atoms. The van der Waals surface area contributed by atoms with Crippen molar-refractivity contribution in [2.24, 2.45) is 0 Å². The topological polar surface area (TPSA) is 46.2 Å². The molecule has 1 saturated carbocycles. The molecule has 1 fully saturated rings. The van der Waals surface area contributed by atoms with Gasteiger partial charge in [-0.05, 0) is 44.9 Å². The quantitative estimate of drug-likeness (QED) is 0.725. The van der Waals surface area contributed by atoms with Crippen molar-refractivity contribution in [2.45, 2.75) is 50.3 Å². The Morgan fingerprint density at radius 1 is 1.24 bits per heavy atom. The maximum absolute atomic E-state index is 11.3. The van der Waals surface area contributed by atoms with Crippen LogP contribution in [0.3, 0.4) is 0 Å². The largest absolute Gasteiger partial charge is 0.314 e. The molecule has 1 aliphatic carbocycles. The molecule has 17 heavy (non-hydrogen) atoms. The van der Waals surface area contributed by atoms with Crippen LogP contribution in [0.5, 0.6) is 0 Å². The second-order valence-corrected chi connectivity index (χ2v) is 8.36. The van der Waals surface area contributed by atoms with E-state index >= 15 is 0 Å². The normalized spacial score (nSPS) is 26.0. The summed E-state index contributed by atoms with van der Waals surface area (Å²) in [5.74, 6) is 0.600. The van der Waals surface area contributed by atoms with Crippen LogP contribution >= 0.6 is 11.8 Å². The van der Waals surface area contributed by atoms with Crippen LogP contribution in [-0.4, -0.2) is 44.0 Å². The van der Waals surface area contributed by atoms with E-state index < -0.39 is 9.84 Å². The fourth-order valence-electron chi connectivity index (χ4n) is 2.25. The van der Waals surface area contributed by atoms with Gasteiger partial charge in [0.25, 0.3) is 0 Å². The van der Waals surface area contributed by atoms with Gasteiger partial charge < -0.3 is 5.32 Å². The molecule has 3 nitrogen and oxygen atoms in total. The van der Waals surface area contributed by atoms with Crippen LogP contribution in [0.2, 0.25) is 0 Å². The van der Waals surface area contributed by atoms with Crippen LogP contribution in [0.1, 0.15) is 39.0 Å². The van der Waals surface area contributed by atoms with Gasteiger partial charge in [0.15, 0.2) is 0 Å². The van der Waals surface area contributed by atoms with Gasteiger partial charge in [-0.3, -0.25) is 0 Å². The van der Waals surface area contributed by atoms with Crippen LogP contribution in [0.4, 0.5) is 0 Å². The van der Waals surface area contributed by atoms with Gasteiger partial charge in [-0.2, -0.15) is 11.8 Å². The maximum atomic E-state index is 11.3. The summed E-state index contributed by atoms with van der Waals surface area (Å²) in [6.07, 6.45) is 8.02. The van der Waals surface area contributed by atoms with Crippen LogP contribution in [0.25, 0.3) is 0 Å². The Labute approximate surface area is 110 Å². The molecule has 1 aliphatic rings. The molecule has 5 heteroatoms. The number of rotatable bonds is 7. The second-order valence-electron chi connectivity index (χ2n) is 4.75. The van der Waals surface area contributed by atoms with E-state index in [0.29, 0.717) is 11.8 Å². The molecule has 0 atom stereocenters. The first-order valence-electron chi connectivity index (χ1n) is 6.54. The minimum atomic E-state index is -2.78. The Morgan fingerprint density at radius 3 is 2.41 bits per heavy atom. The third kappa shape index (κ3) is 6.11. The smallest absolute Gasteiger partial charge is 0.150 e. The molecule has 0 aliphatic heterocycles. The molecule has 0 aromatic carbocycles. The first-order chi connectivity index (χ1) is 8.07. The summed E-state index contributed by atoms with van der Waals surface area (Å²) in [6, 6.07) is 0.614. The number of hydrogen-bond acceptors (Lipinski definition) is 4. The van der Waals surface area contributed by atoms with Gasteiger partial charge in [-0.1, -0.05) is 6.92 Å². The van der Waals surface area contributed by atoms with E-state index in [1.165, 1.54) is 25.7 Å². The average Bonchev–Trinajstić information content (AvgIpc) is 2.35. The minimum Gasteiger partial charge on any atom is -0.314 e. The molecule has 0 aromatic rings. The lowest BCUT2D eigenvalue weighted by Crippen LogP contribution is -2.35. The second kappa shape index (κ2) is 7.64. The van der Waals surface area contributed by atoms with E-state index in [9.17, 15) is 8.42 Å². The van der Waals surface area contributed by atoms with E-state index in [4.69, 9.17) is 0 Å². The van der Waals surface area contributed by atoms with Crippen molar-refractivity contribution in [3.63, 3.8) is 0 Å². The first kappa shape index (κ1) is 15.3. The molecule has 0 spiro atoms. The predicted octanol–water partition coefficient (Wildman–Crippen LogP) is 2.07. The Morgan fingerprint density at radius 2 is 1.88 bits per heavy atom. The average molecular weight is 279 g/mol. The van der Waals surface area contributed by atoms with Crippen molar-refractivity contribution >= 4 is 21.6 Å². The number of sulfone groups is 1. The van der Waals surface area contributed by atoms with Crippen molar-refractivity contribution in [1.29, 1.82) is 0 Å². The highest BCUT2D eigenvalue weighted by atomic mass is 32.2. The van der Waals surface area contributed by atoms with Crippen LogP contribution in [0, 0.1) is 0 Å². The van der Waals surface area contributed by atoms with Crippen molar-refractivity contribution < 1.29 is 8.42 Å². The summed E-state index contributed by atoms with van der Waals surface area (Å²) >= 11 is 1.98. The van der Waals surface area contributed by atoms with Gasteiger partial charge >= 0.3 is 0 Å². The fraction of sp³-hybridized carbons (Fsp3) is 1.00. The summed E-state index contributed by atoms with van der Waals surface area (Å²) < 4.78 is 22.6. The number of thioether (sulfide) groups is 1. The molecule has 0 heterocycles. The van der Waals surface area contributed by atoms with Gasteiger partial charge in [0.2, 0.25) is 0 Å². The van der Waals surface area contributed by atoms with Gasteiger partial charge in [0.05, 0.1) is 5.75 Å². The minimum absolute atomic E-state index is 0.270. The molecule has 1 rings (SSSR count). The van der Waals surface area contributed by atoms with Gasteiger partial charge in [-0.15, -0.1) is 0 Å². The summed E-state index contributed by atoms with van der Waals surface area (Å²) in [6.45, 7) is 2.56. The molecule has 0 saturated heterocycles. The Balaban J connectivity index is 2.08.